The number of amides is 2. The molecule has 0 aliphatic carbocycles. The lowest BCUT2D eigenvalue weighted by Crippen LogP contribution is -2.43. The van der Waals surface area contributed by atoms with Crippen LogP contribution in [0.15, 0.2) is 35.1 Å². The van der Waals surface area contributed by atoms with E-state index in [-0.39, 0.29) is 30.0 Å². The van der Waals surface area contributed by atoms with E-state index < -0.39 is 23.2 Å². The molecule has 2 aliphatic heterocycles. The minimum absolute atomic E-state index is 0.0358. The van der Waals surface area contributed by atoms with Gasteiger partial charge in [0.05, 0.1) is 24.6 Å². The second-order valence-electron chi connectivity index (χ2n) is 7.85. The van der Waals surface area contributed by atoms with Crippen molar-refractivity contribution in [2.75, 3.05) is 13.7 Å². The van der Waals surface area contributed by atoms with E-state index in [1.165, 1.54) is 4.90 Å². The molecule has 0 bridgehead atoms. The van der Waals surface area contributed by atoms with Crippen molar-refractivity contribution in [3.63, 3.8) is 0 Å². The Bertz CT molecular complexity index is 1290. The van der Waals surface area contributed by atoms with Crippen molar-refractivity contribution in [2.24, 2.45) is 0 Å². The molecular weight excluding hydrogens is 428 g/mol. The number of urea groups is 1. The topological polar surface area (TPSA) is 65.6 Å². The van der Waals surface area contributed by atoms with Crippen molar-refractivity contribution < 1.29 is 18.3 Å². The highest BCUT2D eigenvalue weighted by Gasteiger charge is 2.34. The van der Waals surface area contributed by atoms with Gasteiger partial charge in [0.15, 0.2) is 11.6 Å². The van der Waals surface area contributed by atoms with Crippen LogP contribution in [0.5, 0.6) is 0 Å². The molecule has 0 radical (unpaired) electrons. The molecule has 2 aromatic carbocycles. The molecule has 0 fully saturated rings. The Morgan fingerprint density at radius 3 is 2.65 bits per heavy atom. The monoisotopic (exact) mass is 445 g/mol. The zero-order valence-electron chi connectivity index (χ0n) is 16.5. The molecule has 1 atom stereocenters. The van der Waals surface area contributed by atoms with Crippen LogP contribution in [0, 0.1) is 11.6 Å². The van der Waals surface area contributed by atoms with E-state index in [1.54, 1.807) is 18.0 Å². The SMILES string of the molecule is CN(C(=O)N1Cc2ccc(Cl)cc2C1)C1COCc2[nH]c(=O)c3cc(F)c(F)cc3c21. The average Bonchev–Trinajstić information content (AvgIpc) is 3.17. The second kappa shape index (κ2) is 7.32. The number of nitrogens with one attached hydrogen (secondary N) is 1. The number of hydrogen-bond acceptors (Lipinski definition) is 3. The van der Waals surface area contributed by atoms with Crippen LogP contribution in [0.4, 0.5) is 13.6 Å². The number of halogens is 3. The van der Waals surface area contributed by atoms with Crippen LogP contribution >= 0.6 is 11.6 Å². The number of pyridine rings is 1. The van der Waals surface area contributed by atoms with E-state index >= 15 is 0 Å². The summed E-state index contributed by atoms with van der Waals surface area (Å²) in [6.45, 7) is 1.15. The van der Waals surface area contributed by atoms with Gasteiger partial charge in [0.25, 0.3) is 5.56 Å². The first kappa shape index (κ1) is 20.0. The number of carbonyl (C=O) groups excluding carboxylic acids is 1. The minimum atomic E-state index is -1.10. The Balaban J connectivity index is 1.53. The molecule has 3 heterocycles. The summed E-state index contributed by atoms with van der Waals surface area (Å²) in [5.74, 6) is -2.15. The van der Waals surface area contributed by atoms with Crippen LogP contribution in [0.1, 0.15) is 28.4 Å². The molecule has 0 saturated carbocycles. The number of H-pyrrole nitrogens is 1. The summed E-state index contributed by atoms with van der Waals surface area (Å²) in [4.78, 5) is 31.6. The third-order valence-electron chi connectivity index (χ3n) is 5.97. The van der Waals surface area contributed by atoms with E-state index in [0.717, 1.165) is 23.3 Å². The Labute approximate surface area is 181 Å². The van der Waals surface area contributed by atoms with Crippen molar-refractivity contribution in [1.82, 2.24) is 14.8 Å². The number of rotatable bonds is 1. The van der Waals surface area contributed by atoms with Gasteiger partial charge in [-0.15, -0.1) is 0 Å². The van der Waals surface area contributed by atoms with Gasteiger partial charge in [-0.2, -0.15) is 0 Å². The van der Waals surface area contributed by atoms with E-state index in [9.17, 15) is 18.4 Å². The largest absolute Gasteiger partial charge is 0.373 e. The van der Waals surface area contributed by atoms with Gasteiger partial charge in [0, 0.05) is 36.4 Å². The van der Waals surface area contributed by atoms with Crippen LogP contribution in [-0.2, 0) is 24.4 Å². The van der Waals surface area contributed by atoms with E-state index in [2.05, 4.69) is 4.98 Å². The summed E-state index contributed by atoms with van der Waals surface area (Å²) in [5.41, 5.74) is 2.50. The Morgan fingerprint density at radius 1 is 1.16 bits per heavy atom. The minimum Gasteiger partial charge on any atom is -0.373 e. The van der Waals surface area contributed by atoms with Gasteiger partial charge in [-0.1, -0.05) is 17.7 Å². The number of ether oxygens (including phenoxy) is 1. The summed E-state index contributed by atoms with van der Waals surface area (Å²) < 4.78 is 33.4. The fourth-order valence-corrected chi connectivity index (χ4v) is 4.60. The molecule has 9 heteroatoms. The van der Waals surface area contributed by atoms with Crippen LogP contribution in [0.2, 0.25) is 5.02 Å². The molecule has 0 saturated heterocycles. The molecule has 1 aromatic heterocycles. The quantitative estimate of drug-likeness (QED) is 0.613. The predicted molar refractivity (Wildman–Crippen MR) is 111 cm³/mol. The Morgan fingerprint density at radius 2 is 1.87 bits per heavy atom. The van der Waals surface area contributed by atoms with E-state index in [4.69, 9.17) is 16.3 Å². The zero-order chi connectivity index (χ0) is 21.9. The molecule has 1 N–H and O–H groups in total. The standard InChI is InChI=1S/C22H18ClF2N3O3/c1-27(22(30)28-7-11-2-3-13(23)4-12(11)8-28)19-10-31-9-18-20(19)14-5-16(24)17(25)6-15(14)21(29)26-18/h2-6,19H,7-10H2,1H3,(H,26,29). The maximum Gasteiger partial charge on any atom is 0.320 e. The molecule has 31 heavy (non-hydrogen) atoms. The van der Waals surface area contributed by atoms with Gasteiger partial charge in [0.2, 0.25) is 0 Å². The van der Waals surface area contributed by atoms with Crippen molar-refractivity contribution >= 4 is 28.4 Å². The zero-order valence-corrected chi connectivity index (χ0v) is 17.3. The second-order valence-corrected chi connectivity index (χ2v) is 8.29. The third-order valence-corrected chi connectivity index (χ3v) is 6.21. The van der Waals surface area contributed by atoms with Crippen molar-refractivity contribution in [1.29, 1.82) is 0 Å². The number of hydrogen-bond donors (Lipinski definition) is 1. The van der Waals surface area contributed by atoms with E-state index in [1.807, 2.05) is 12.1 Å². The number of fused-ring (bicyclic) bond motifs is 4. The fourth-order valence-electron chi connectivity index (χ4n) is 4.40. The Hall–Kier alpha value is -2.97. The number of carbonyl (C=O) groups is 1. The highest BCUT2D eigenvalue weighted by Crippen LogP contribution is 2.35. The lowest BCUT2D eigenvalue weighted by molar-refractivity contribution is 0.0438. The normalized spacial score (nSPS) is 17.5. The van der Waals surface area contributed by atoms with Gasteiger partial charge in [-0.05, 0) is 40.8 Å². The van der Waals surface area contributed by atoms with Crippen LogP contribution in [0.25, 0.3) is 10.8 Å². The molecule has 160 valence electrons. The summed E-state index contributed by atoms with van der Waals surface area (Å²) in [6.07, 6.45) is 0. The van der Waals surface area contributed by atoms with Crippen molar-refractivity contribution in [3.05, 3.63) is 79.7 Å². The van der Waals surface area contributed by atoms with Gasteiger partial charge in [0.1, 0.15) is 0 Å². The highest BCUT2D eigenvalue weighted by molar-refractivity contribution is 6.30. The lowest BCUT2D eigenvalue weighted by Gasteiger charge is -2.35. The molecule has 0 spiro atoms. The van der Waals surface area contributed by atoms with Gasteiger partial charge in [-0.3, -0.25) is 4.79 Å². The first-order valence-electron chi connectivity index (χ1n) is 9.74. The lowest BCUT2D eigenvalue weighted by atomic mass is 9.95. The summed E-state index contributed by atoms with van der Waals surface area (Å²) >= 11 is 6.07. The van der Waals surface area contributed by atoms with Gasteiger partial charge < -0.3 is 19.5 Å². The number of aromatic amines is 1. The van der Waals surface area contributed by atoms with Crippen LogP contribution < -0.4 is 5.56 Å². The van der Waals surface area contributed by atoms with E-state index in [0.29, 0.717) is 29.4 Å². The molecule has 2 amide bonds. The van der Waals surface area contributed by atoms with Crippen LogP contribution in [0.3, 0.4) is 0 Å². The van der Waals surface area contributed by atoms with Gasteiger partial charge >= 0.3 is 6.03 Å². The highest BCUT2D eigenvalue weighted by atomic mass is 35.5. The summed E-state index contributed by atoms with van der Waals surface area (Å²) in [5, 5.41) is 0.927. The molecule has 5 rings (SSSR count). The number of likely N-dealkylation sites (N-methyl/N-ethyl adjacent to an activating group) is 1. The van der Waals surface area contributed by atoms with Crippen molar-refractivity contribution in [2.45, 2.75) is 25.7 Å². The fraction of sp³-hybridized carbons (Fsp3) is 0.273. The predicted octanol–water partition coefficient (Wildman–Crippen LogP) is 4.10. The summed E-state index contributed by atoms with van der Waals surface area (Å²) in [7, 11) is 1.64. The number of aromatic nitrogens is 1. The molecular formula is C22H18ClF2N3O3. The molecule has 1 unspecified atom stereocenters. The summed E-state index contributed by atoms with van der Waals surface area (Å²) in [6, 6.07) is 6.63. The smallest absolute Gasteiger partial charge is 0.320 e. The average molecular weight is 446 g/mol. The van der Waals surface area contributed by atoms with Crippen molar-refractivity contribution in [3.8, 4) is 0 Å². The molecule has 3 aromatic rings. The van der Waals surface area contributed by atoms with Crippen LogP contribution in [-0.4, -0.2) is 34.5 Å². The maximum atomic E-state index is 14.0. The first-order chi connectivity index (χ1) is 14.8. The number of benzene rings is 2. The Kier molecular flexibility index (Phi) is 4.71. The van der Waals surface area contributed by atoms with Gasteiger partial charge in [-0.25, -0.2) is 13.6 Å². The molecule has 6 nitrogen and oxygen atoms in total. The first-order valence-corrected chi connectivity index (χ1v) is 10.1. The maximum absolute atomic E-state index is 14.0. The number of nitrogens with zero attached hydrogens (tertiary/aromatic N) is 2. The molecule has 2 aliphatic rings. The third kappa shape index (κ3) is 3.26.